The highest BCUT2D eigenvalue weighted by molar-refractivity contribution is 5.75. The summed E-state index contributed by atoms with van der Waals surface area (Å²) >= 11 is 0. The third kappa shape index (κ3) is 3.26. The first kappa shape index (κ1) is 15.8. The first-order chi connectivity index (χ1) is 12.2. The minimum atomic E-state index is -0.0581. The Hall–Kier alpha value is -2.70. The smallest absolute Gasteiger partial charge is 0.318 e. The largest absolute Gasteiger partial charge is 0.454 e. The molecule has 0 radical (unpaired) electrons. The quantitative estimate of drug-likeness (QED) is 0.924. The molecule has 1 N–H and O–H groups in total. The van der Waals surface area contributed by atoms with Gasteiger partial charge in [0.25, 0.3) is 0 Å². The molecule has 2 amide bonds. The summed E-state index contributed by atoms with van der Waals surface area (Å²) in [4.78, 5) is 14.4. The van der Waals surface area contributed by atoms with Gasteiger partial charge in [0.05, 0.1) is 11.7 Å². The first-order valence-corrected chi connectivity index (χ1v) is 8.57. The van der Waals surface area contributed by atoms with Crippen molar-refractivity contribution in [1.29, 1.82) is 0 Å². The van der Waals surface area contributed by atoms with Crippen LogP contribution < -0.4 is 14.8 Å². The number of rotatable bonds is 4. The van der Waals surface area contributed by atoms with Crippen LogP contribution >= 0.6 is 0 Å². The number of fused-ring (bicyclic) bond motifs is 1. The molecule has 2 aromatic rings. The van der Waals surface area contributed by atoms with Gasteiger partial charge < -0.3 is 24.2 Å². The lowest BCUT2D eigenvalue weighted by Gasteiger charge is -2.23. The number of aryl methyl sites for hydroxylation is 1. The topological polar surface area (TPSA) is 76.8 Å². The lowest BCUT2D eigenvalue weighted by molar-refractivity contribution is 0.174. The normalized spacial score (nSPS) is 18.6. The van der Waals surface area contributed by atoms with E-state index in [1.54, 1.807) is 0 Å². The lowest BCUT2D eigenvalue weighted by Crippen LogP contribution is -2.40. The summed E-state index contributed by atoms with van der Waals surface area (Å²) in [5.74, 6) is 2.31. The number of carbonyl (C=O) groups excluding carboxylic acids is 1. The van der Waals surface area contributed by atoms with Crippen molar-refractivity contribution in [2.75, 3.05) is 19.9 Å². The van der Waals surface area contributed by atoms with Gasteiger partial charge in [0, 0.05) is 19.2 Å². The second kappa shape index (κ2) is 6.66. The molecule has 2 aliphatic heterocycles. The average Bonchev–Trinajstić information content (AvgIpc) is 3.34. The summed E-state index contributed by atoms with van der Waals surface area (Å²) in [6, 6.07) is 7.69. The van der Waals surface area contributed by atoms with Gasteiger partial charge in [-0.05, 0) is 43.9 Å². The van der Waals surface area contributed by atoms with Crippen molar-refractivity contribution in [3.05, 3.63) is 41.3 Å². The molecule has 0 aliphatic carbocycles. The molecule has 4 rings (SSSR count). The average molecular weight is 343 g/mol. The molecular formula is C18H21N3O4. The van der Waals surface area contributed by atoms with E-state index in [-0.39, 0.29) is 18.9 Å². The molecule has 2 aliphatic rings. The van der Waals surface area contributed by atoms with Crippen LogP contribution in [0.4, 0.5) is 4.79 Å². The molecule has 7 heteroatoms. The number of benzene rings is 1. The predicted octanol–water partition coefficient (Wildman–Crippen LogP) is 2.80. The molecule has 1 aromatic heterocycles. The molecule has 3 heterocycles. The number of hydrogen-bond acceptors (Lipinski definition) is 5. The number of urea groups is 1. The maximum Gasteiger partial charge on any atom is 0.318 e. The van der Waals surface area contributed by atoms with Crippen LogP contribution in [-0.4, -0.2) is 36.0 Å². The summed E-state index contributed by atoms with van der Waals surface area (Å²) in [6.45, 7) is 3.46. The molecule has 1 fully saturated rings. The molecule has 1 aromatic carbocycles. The van der Waals surface area contributed by atoms with Crippen molar-refractivity contribution in [3.63, 3.8) is 0 Å². The standard InChI is InChI=1S/C18H21N3O4/c1-12-9-16(25-20-12)14-3-2-8-21(14)18(22)19-7-6-13-4-5-15-17(10-13)24-11-23-15/h4-5,9-10,14H,2-3,6-8,11H2,1H3,(H,19,22)/t14-/m1/s1. The number of carbonyl (C=O) groups is 1. The Kier molecular flexibility index (Phi) is 4.21. The second-order valence-corrected chi connectivity index (χ2v) is 6.39. The Morgan fingerprint density at radius 2 is 2.20 bits per heavy atom. The summed E-state index contributed by atoms with van der Waals surface area (Å²) in [7, 11) is 0. The van der Waals surface area contributed by atoms with Gasteiger partial charge >= 0.3 is 6.03 Å². The van der Waals surface area contributed by atoms with Crippen molar-refractivity contribution in [1.82, 2.24) is 15.4 Å². The molecule has 0 bridgehead atoms. The van der Waals surface area contributed by atoms with Crippen molar-refractivity contribution < 1.29 is 18.8 Å². The molecule has 132 valence electrons. The van der Waals surface area contributed by atoms with Gasteiger partial charge in [-0.1, -0.05) is 11.2 Å². The Bertz CT molecular complexity index is 773. The van der Waals surface area contributed by atoms with Crippen molar-refractivity contribution in [2.45, 2.75) is 32.2 Å². The first-order valence-electron chi connectivity index (χ1n) is 8.57. The number of ether oxygens (including phenoxy) is 2. The van der Waals surface area contributed by atoms with Crippen LogP contribution in [0.3, 0.4) is 0 Å². The highest BCUT2D eigenvalue weighted by atomic mass is 16.7. The zero-order valence-electron chi connectivity index (χ0n) is 14.2. The Morgan fingerprint density at radius 3 is 3.04 bits per heavy atom. The van der Waals surface area contributed by atoms with E-state index in [9.17, 15) is 4.79 Å². The van der Waals surface area contributed by atoms with Gasteiger partial charge in [-0.2, -0.15) is 0 Å². The van der Waals surface area contributed by atoms with E-state index in [0.717, 1.165) is 54.3 Å². The number of nitrogens with zero attached hydrogens (tertiary/aromatic N) is 2. The van der Waals surface area contributed by atoms with E-state index in [0.29, 0.717) is 6.54 Å². The molecule has 0 spiro atoms. The fourth-order valence-corrected chi connectivity index (χ4v) is 3.36. The highest BCUT2D eigenvalue weighted by Gasteiger charge is 2.32. The van der Waals surface area contributed by atoms with Gasteiger partial charge in [-0.25, -0.2) is 4.79 Å². The van der Waals surface area contributed by atoms with E-state index in [1.807, 2.05) is 36.1 Å². The fraction of sp³-hybridized carbons (Fsp3) is 0.444. The van der Waals surface area contributed by atoms with E-state index < -0.39 is 0 Å². The van der Waals surface area contributed by atoms with E-state index in [2.05, 4.69) is 10.5 Å². The number of aromatic nitrogens is 1. The van der Waals surface area contributed by atoms with Crippen LogP contribution in [0.15, 0.2) is 28.8 Å². The Labute approximate surface area is 145 Å². The SMILES string of the molecule is Cc1cc([C@H]2CCCN2C(=O)NCCc2ccc3c(c2)OCO3)on1. The molecule has 0 saturated carbocycles. The zero-order valence-corrected chi connectivity index (χ0v) is 14.2. The monoisotopic (exact) mass is 343 g/mol. The number of amides is 2. The molecular weight excluding hydrogens is 322 g/mol. The molecule has 7 nitrogen and oxygen atoms in total. The van der Waals surface area contributed by atoms with E-state index >= 15 is 0 Å². The highest BCUT2D eigenvalue weighted by Crippen LogP contribution is 2.33. The summed E-state index contributed by atoms with van der Waals surface area (Å²) in [5, 5.41) is 6.93. The second-order valence-electron chi connectivity index (χ2n) is 6.39. The van der Waals surface area contributed by atoms with Crippen LogP contribution in [0.25, 0.3) is 0 Å². The fourth-order valence-electron chi connectivity index (χ4n) is 3.36. The van der Waals surface area contributed by atoms with Crippen LogP contribution in [0.5, 0.6) is 11.5 Å². The molecule has 1 atom stereocenters. The minimum absolute atomic E-state index is 0.0215. The van der Waals surface area contributed by atoms with Crippen LogP contribution in [0, 0.1) is 6.92 Å². The Morgan fingerprint density at radius 1 is 1.32 bits per heavy atom. The summed E-state index contributed by atoms with van der Waals surface area (Å²) < 4.78 is 16.0. The van der Waals surface area contributed by atoms with E-state index in [1.165, 1.54) is 0 Å². The number of likely N-dealkylation sites (tertiary alicyclic amines) is 1. The summed E-state index contributed by atoms with van der Waals surface area (Å²) in [5.41, 5.74) is 1.94. The van der Waals surface area contributed by atoms with Gasteiger partial charge in [-0.3, -0.25) is 0 Å². The van der Waals surface area contributed by atoms with Crippen LogP contribution in [0.2, 0.25) is 0 Å². The zero-order chi connectivity index (χ0) is 17.2. The maximum absolute atomic E-state index is 12.5. The van der Waals surface area contributed by atoms with Gasteiger partial charge in [0.2, 0.25) is 6.79 Å². The number of hydrogen-bond donors (Lipinski definition) is 1. The van der Waals surface area contributed by atoms with Crippen molar-refractivity contribution >= 4 is 6.03 Å². The Balaban J connectivity index is 1.32. The lowest BCUT2D eigenvalue weighted by atomic mass is 10.1. The molecule has 25 heavy (non-hydrogen) atoms. The molecule has 1 saturated heterocycles. The van der Waals surface area contributed by atoms with Gasteiger partial charge in [0.15, 0.2) is 17.3 Å². The van der Waals surface area contributed by atoms with Gasteiger partial charge in [0.1, 0.15) is 0 Å². The predicted molar refractivity (Wildman–Crippen MR) is 89.6 cm³/mol. The minimum Gasteiger partial charge on any atom is -0.454 e. The van der Waals surface area contributed by atoms with Crippen LogP contribution in [-0.2, 0) is 6.42 Å². The maximum atomic E-state index is 12.5. The van der Waals surface area contributed by atoms with Crippen molar-refractivity contribution in [3.8, 4) is 11.5 Å². The number of nitrogens with one attached hydrogen (secondary N) is 1. The third-order valence-corrected chi connectivity index (χ3v) is 4.62. The van der Waals surface area contributed by atoms with Gasteiger partial charge in [-0.15, -0.1) is 0 Å². The molecule has 0 unspecified atom stereocenters. The van der Waals surface area contributed by atoms with Crippen molar-refractivity contribution in [2.24, 2.45) is 0 Å². The third-order valence-electron chi connectivity index (χ3n) is 4.62. The van der Waals surface area contributed by atoms with E-state index in [4.69, 9.17) is 14.0 Å². The summed E-state index contributed by atoms with van der Waals surface area (Å²) in [6.07, 6.45) is 2.62. The van der Waals surface area contributed by atoms with Crippen LogP contribution in [0.1, 0.15) is 35.9 Å².